The van der Waals surface area contributed by atoms with Crippen molar-refractivity contribution in [2.75, 3.05) is 6.61 Å². The van der Waals surface area contributed by atoms with E-state index >= 15 is 0 Å². The van der Waals surface area contributed by atoms with Gasteiger partial charge in [-0.2, -0.15) is 0 Å². The van der Waals surface area contributed by atoms with Crippen LogP contribution in [0.4, 0.5) is 0 Å². The number of esters is 3. The second-order valence-electron chi connectivity index (χ2n) is 7.50. The fraction of sp³-hybridized carbons (Fsp3) is 0.192. The molecule has 0 spiro atoms. The fourth-order valence-electron chi connectivity index (χ4n) is 3.46. The maximum atomic E-state index is 12.7. The Bertz CT molecular complexity index is 1120. The minimum Gasteiger partial charge on any atom is -0.459 e. The number of carbonyl (C=O) groups is 3. The minimum absolute atomic E-state index is 0.252. The normalized spacial score (nSPS) is 21.4. The first kappa shape index (κ1) is 23.2. The van der Waals surface area contributed by atoms with Crippen molar-refractivity contribution >= 4 is 17.9 Å². The SMILES string of the molecule is O=C(OC[C@@H]1OC(O)C(OC(=O)c2ccccc2)[C@@H]1OC(=O)c1ccccc1)c1ccccc1. The first-order valence-electron chi connectivity index (χ1n) is 10.6. The zero-order valence-electron chi connectivity index (χ0n) is 18.0. The van der Waals surface area contributed by atoms with Crippen molar-refractivity contribution in [3.05, 3.63) is 108 Å². The van der Waals surface area contributed by atoms with Gasteiger partial charge in [-0.1, -0.05) is 54.6 Å². The van der Waals surface area contributed by atoms with Gasteiger partial charge in [0.15, 0.2) is 18.5 Å². The molecule has 0 saturated carbocycles. The molecule has 1 aliphatic heterocycles. The van der Waals surface area contributed by atoms with E-state index < -0.39 is 42.5 Å². The van der Waals surface area contributed by atoms with Gasteiger partial charge in [0, 0.05) is 0 Å². The fourth-order valence-corrected chi connectivity index (χ4v) is 3.46. The van der Waals surface area contributed by atoms with E-state index in [0.29, 0.717) is 5.56 Å². The number of carbonyl (C=O) groups excluding carboxylic acids is 3. The quantitative estimate of drug-likeness (QED) is 0.422. The summed E-state index contributed by atoms with van der Waals surface area (Å²) in [6, 6.07) is 24.7. The first-order valence-corrected chi connectivity index (χ1v) is 10.6. The molecule has 8 heteroatoms. The highest BCUT2D eigenvalue weighted by Gasteiger charge is 2.50. The van der Waals surface area contributed by atoms with Crippen LogP contribution < -0.4 is 0 Å². The van der Waals surface area contributed by atoms with Crippen molar-refractivity contribution in [2.45, 2.75) is 24.6 Å². The maximum absolute atomic E-state index is 12.7. The van der Waals surface area contributed by atoms with Crippen molar-refractivity contribution in [3.8, 4) is 0 Å². The van der Waals surface area contributed by atoms with E-state index in [2.05, 4.69) is 0 Å². The average Bonchev–Trinajstić information content (AvgIpc) is 3.17. The second kappa shape index (κ2) is 10.7. The number of benzene rings is 3. The van der Waals surface area contributed by atoms with Crippen molar-refractivity contribution in [1.82, 2.24) is 0 Å². The highest BCUT2D eigenvalue weighted by molar-refractivity contribution is 5.90. The second-order valence-corrected chi connectivity index (χ2v) is 7.50. The number of aliphatic hydroxyl groups excluding tert-OH is 1. The predicted molar refractivity (Wildman–Crippen MR) is 119 cm³/mol. The molecule has 4 atom stereocenters. The third-order valence-electron chi connectivity index (χ3n) is 5.18. The summed E-state index contributed by atoms with van der Waals surface area (Å²) in [5.74, 6) is -2.05. The molecule has 1 saturated heterocycles. The lowest BCUT2D eigenvalue weighted by Crippen LogP contribution is -2.42. The Morgan fingerprint density at radius 1 is 0.647 bits per heavy atom. The first-order chi connectivity index (χ1) is 16.5. The van der Waals surface area contributed by atoms with Crippen molar-refractivity contribution in [3.63, 3.8) is 0 Å². The van der Waals surface area contributed by atoms with Crippen LogP contribution in [0.2, 0.25) is 0 Å². The third kappa shape index (κ3) is 5.48. The van der Waals surface area contributed by atoms with E-state index in [9.17, 15) is 19.5 Å². The summed E-state index contributed by atoms with van der Waals surface area (Å²) in [7, 11) is 0. The molecule has 1 heterocycles. The standard InChI is InChI=1S/C26H22O8/c27-23(17-10-4-1-5-11-17)31-16-20-21(33-24(28)18-12-6-2-7-13-18)22(26(30)32-20)34-25(29)19-14-8-3-9-15-19/h1-15,20-22,26,30H,16H2/t20-,21+,22?,26?/m0/s1. The summed E-state index contributed by atoms with van der Waals surface area (Å²) in [5, 5.41) is 10.5. The Hall–Kier alpha value is -4.01. The van der Waals surface area contributed by atoms with Gasteiger partial charge in [-0.15, -0.1) is 0 Å². The molecule has 34 heavy (non-hydrogen) atoms. The molecule has 1 aliphatic rings. The van der Waals surface area contributed by atoms with E-state index in [4.69, 9.17) is 18.9 Å². The Balaban J connectivity index is 1.51. The van der Waals surface area contributed by atoms with Gasteiger partial charge in [0.05, 0.1) is 16.7 Å². The topological polar surface area (TPSA) is 108 Å². The van der Waals surface area contributed by atoms with Gasteiger partial charge in [0.2, 0.25) is 0 Å². The molecule has 1 N–H and O–H groups in total. The van der Waals surface area contributed by atoms with E-state index in [-0.39, 0.29) is 17.7 Å². The van der Waals surface area contributed by atoms with Crippen molar-refractivity contribution in [1.29, 1.82) is 0 Å². The van der Waals surface area contributed by atoms with Crippen molar-refractivity contribution in [2.24, 2.45) is 0 Å². The van der Waals surface area contributed by atoms with E-state index in [1.807, 2.05) is 0 Å². The summed E-state index contributed by atoms with van der Waals surface area (Å²) >= 11 is 0. The molecule has 3 aromatic rings. The molecule has 0 radical (unpaired) electrons. The molecule has 1 fully saturated rings. The summed E-state index contributed by atoms with van der Waals surface area (Å²) < 4.78 is 21.8. The van der Waals surface area contributed by atoms with E-state index in [0.717, 1.165) is 0 Å². The van der Waals surface area contributed by atoms with Gasteiger partial charge in [-0.25, -0.2) is 14.4 Å². The van der Waals surface area contributed by atoms with Crippen LogP contribution in [-0.4, -0.2) is 54.2 Å². The lowest BCUT2D eigenvalue weighted by atomic mass is 10.1. The molecule has 0 aliphatic carbocycles. The molecule has 4 rings (SSSR count). The van der Waals surface area contributed by atoms with Crippen LogP contribution in [0, 0.1) is 0 Å². The van der Waals surface area contributed by atoms with Crippen LogP contribution in [-0.2, 0) is 18.9 Å². The lowest BCUT2D eigenvalue weighted by Gasteiger charge is -2.23. The van der Waals surface area contributed by atoms with Crippen LogP contribution in [0.5, 0.6) is 0 Å². The monoisotopic (exact) mass is 462 g/mol. The van der Waals surface area contributed by atoms with Gasteiger partial charge in [-0.05, 0) is 36.4 Å². The highest BCUT2D eigenvalue weighted by Crippen LogP contribution is 2.28. The molecule has 2 unspecified atom stereocenters. The average molecular weight is 462 g/mol. The lowest BCUT2D eigenvalue weighted by molar-refractivity contribution is -0.135. The summed E-state index contributed by atoms with van der Waals surface area (Å²) in [6.07, 6.45) is -5.22. The Labute approximate surface area is 195 Å². The van der Waals surface area contributed by atoms with Gasteiger partial charge in [-0.3, -0.25) is 0 Å². The van der Waals surface area contributed by atoms with Crippen molar-refractivity contribution < 1.29 is 38.4 Å². The number of rotatable bonds is 7. The molecule has 0 aromatic heterocycles. The molecular formula is C26H22O8. The van der Waals surface area contributed by atoms with E-state index in [1.54, 1.807) is 91.0 Å². The number of hydrogen-bond donors (Lipinski definition) is 1. The predicted octanol–water partition coefficient (Wildman–Crippen LogP) is 3.01. The Kier molecular flexibility index (Phi) is 7.31. The van der Waals surface area contributed by atoms with Crippen LogP contribution in [0.25, 0.3) is 0 Å². The van der Waals surface area contributed by atoms with Crippen LogP contribution >= 0.6 is 0 Å². The van der Waals surface area contributed by atoms with Crippen LogP contribution in [0.3, 0.4) is 0 Å². The third-order valence-corrected chi connectivity index (χ3v) is 5.18. The van der Waals surface area contributed by atoms with Gasteiger partial charge in [0.1, 0.15) is 12.7 Å². The van der Waals surface area contributed by atoms with E-state index in [1.165, 1.54) is 0 Å². The number of ether oxygens (including phenoxy) is 4. The Morgan fingerprint density at radius 3 is 1.53 bits per heavy atom. The molecular weight excluding hydrogens is 440 g/mol. The number of hydrogen-bond acceptors (Lipinski definition) is 8. The van der Waals surface area contributed by atoms with Gasteiger partial charge >= 0.3 is 17.9 Å². The minimum atomic E-state index is -1.60. The summed E-state index contributed by atoms with van der Waals surface area (Å²) in [6.45, 7) is -0.336. The van der Waals surface area contributed by atoms with Gasteiger partial charge in [0.25, 0.3) is 0 Å². The summed E-state index contributed by atoms with van der Waals surface area (Å²) in [5.41, 5.74) is 0.838. The molecule has 3 aromatic carbocycles. The molecule has 8 nitrogen and oxygen atoms in total. The maximum Gasteiger partial charge on any atom is 0.338 e. The molecule has 174 valence electrons. The highest BCUT2D eigenvalue weighted by atomic mass is 16.7. The zero-order chi connectivity index (χ0) is 23.9. The largest absolute Gasteiger partial charge is 0.459 e. The smallest absolute Gasteiger partial charge is 0.338 e. The summed E-state index contributed by atoms with van der Waals surface area (Å²) in [4.78, 5) is 37.6. The van der Waals surface area contributed by atoms with Crippen LogP contribution in [0.1, 0.15) is 31.1 Å². The Morgan fingerprint density at radius 2 is 1.06 bits per heavy atom. The molecule has 0 amide bonds. The zero-order valence-corrected chi connectivity index (χ0v) is 18.0. The van der Waals surface area contributed by atoms with Gasteiger partial charge < -0.3 is 24.1 Å². The molecule has 0 bridgehead atoms. The number of aliphatic hydroxyl groups is 1. The van der Waals surface area contributed by atoms with Crippen LogP contribution in [0.15, 0.2) is 91.0 Å².